The summed E-state index contributed by atoms with van der Waals surface area (Å²) < 4.78 is 0. The molecule has 2 atom stereocenters. The predicted molar refractivity (Wildman–Crippen MR) is 76.4 cm³/mol. The molecule has 1 fully saturated rings. The lowest BCUT2D eigenvalue weighted by Crippen LogP contribution is -2.37. The number of hydrogen-bond donors (Lipinski definition) is 1. The lowest BCUT2D eigenvalue weighted by Gasteiger charge is -2.32. The summed E-state index contributed by atoms with van der Waals surface area (Å²) in [5, 5.41) is 3.54. The lowest BCUT2D eigenvalue weighted by molar-refractivity contribution is 0.183. The van der Waals surface area contributed by atoms with E-state index in [1.807, 2.05) is 0 Å². The lowest BCUT2D eigenvalue weighted by atomic mass is 9.85. The molecule has 0 aromatic carbocycles. The van der Waals surface area contributed by atoms with Crippen LogP contribution in [0.2, 0.25) is 0 Å². The Morgan fingerprint density at radius 2 is 2.00 bits per heavy atom. The molecule has 1 aliphatic heterocycles. The second kappa shape index (κ2) is 8.10. The first-order valence-electron chi connectivity index (χ1n) is 7.59. The summed E-state index contributed by atoms with van der Waals surface area (Å²) in [6.45, 7) is 14.4. The normalized spacial score (nSPS) is 23.3. The van der Waals surface area contributed by atoms with Crippen molar-refractivity contribution in [1.82, 2.24) is 10.2 Å². The molecule has 1 saturated heterocycles. The largest absolute Gasteiger partial charge is 0.316 e. The third kappa shape index (κ3) is 5.39. The van der Waals surface area contributed by atoms with Gasteiger partial charge in [-0.15, -0.1) is 0 Å². The maximum atomic E-state index is 3.54. The number of nitrogens with one attached hydrogen (secondary N) is 1. The molecule has 1 heterocycles. The highest BCUT2D eigenvalue weighted by Crippen LogP contribution is 2.23. The van der Waals surface area contributed by atoms with Crippen molar-refractivity contribution in [2.45, 2.75) is 59.4 Å². The Morgan fingerprint density at radius 1 is 1.24 bits per heavy atom. The van der Waals surface area contributed by atoms with Gasteiger partial charge >= 0.3 is 0 Å². The second-order valence-electron chi connectivity index (χ2n) is 6.00. The summed E-state index contributed by atoms with van der Waals surface area (Å²) in [6, 6.07) is 0.701. The second-order valence-corrected chi connectivity index (χ2v) is 6.00. The molecule has 0 aromatic rings. The molecule has 17 heavy (non-hydrogen) atoms. The highest BCUT2D eigenvalue weighted by molar-refractivity contribution is 4.75. The highest BCUT2D eigenvalue weighted by Gasteiger charge is 2.20. The van der Waals surface area contributed by atoms with Crippen LogP contribution in [-0.4, -0.2) is 37.1 Å². The minimum Gasteiger partial charge on any atom is -0.316 e. The van der Waals surface area contributed by atoms with E-state index in [-0.39, 0.29) is 0 Å². The van der Waals surface area contributed by atoms with Crippen LogP contribution in [0.4, 0.5) is 0 Å². The number of rotatable bonds is 7. The fourth-order valence-electron chi connectivity index (χ4n) is 2.89. The van der Waals surface area contributed by atoms with Crippen LogP contribution in [0.5, 0.6) is 0 Å². The van der Waals surface area contributed by atoms with Crippen molar-refractivity contribution >= 4 is 0 Å². The fourth-order valence-corrected chi connectivity index (χ4v) is 2.89. The van der Waals surface area contributed by atoms with Gasteiger partial charge in [0.1, 0.15) is 0 Å². The molecule has 0 aliphatic carbocycles. The summed E-state index contributed by atoms with van der Waals surface area (Å²) in [4.78, 5) is 2.63. The van der Waals surface area contributed by atoms with E-state index in [1.54, 1.807) is 0 Å². The Morgan fingerprint density at radius 3 is 2.53 bits per heavy atom. The van der Waals surface area contributed by atoms with Gasteiger partial charge in [0, 0.05) is 6.04 Å². The Kier molecular flexibility index (Phi) is 7.14. The monoisotopic (exact) mass is 240 g/mol. The van der Waals surface area contributed by atoms with Gasteiger partial charge in [-0.25, -0.2) is 0 Å². The van der Waals surface area contributed by atoms with Crippen molar-refractivity contribution in [1.29, 1.82) is 0 Å². The van der Waals surface area contributed by atoms with Gasteiger partial charge < -0.3 is 10.2 Å². The quantitative estimate of drug-likeness (QED) is 0.735. The van der Waals surface area contributed by atoms with Gasteiger partial charge in [0.2, 0.25) is 0 Å². The van der Waals surface area contributed by atoms with Crippen LogP contribution in [0.15, 0.2) is 0 Å². The first kappa shape index (κ1) is 15.0. The van der Waals surface area contributed by atoms with Crippen molar-refractivity contribution in [3.8, 4) is 0 Å². The summed E-state index contributed by atoms with van der Waals surface area (Å²) in [5.74, 6) is 1.79. The number of hydrogen-bond acceptors (Lipinski definition) is 2. The molecule has 2 unspecified atom stereocenters. The van der Waals surface area contributed by atoms with Gasteiger partial charge in [-0.2, -0.15) is 0 Å². The van der Waals surface area contributed by atoms with E-state index in [2.05, 4.69) is 37.9 Å². The Balaban J connectivity index is 2.26. The summed E-state index contributed by atoms with van der Waals surface area (Å²) in [6.07, 6.45) is 5.45. The Labute approximate surface area is 108 Å². The third-order valence-corrected chi connectivity index (χ3v) is 4.25. The fraction of sp³-hybridized carbons (Fsp3) is 1.00. The van der Waals surface area contributed by atoms with Crippen LogP contribution in [0.1, 0.15) is 53.4 Å². The molecule has 1 aliphatic rings. The number of nitrogens with zero attached hydrogens (tertiary/aromatic N) is 1. The van der Waals surface area contributed by atoms with Gasteiger partial charge in [-0.05, 0) is 77.5 Å². The number of piperidine rings is 1. The van der Waals surface area contributed by atoms with Crippen LogP contribution >= 0.6 is 0 Å². The van der Waals surface area contributed by atoms with E-state index in [0.717, 1.165) is 11.8 Å². The average Bonchev–Trinajstić information content (AvgIpc) is 2.34. The minimum absolute atomic E-state index is 0.701. The Hall–Kier alpha value is -0.0800. The van der Waals surface area contributed by atoms with Crippen molar-refractivity contribution in [2.75, 3.05) is 26.2 Å². The van der Waals surface area contributed by atoms with Gasteiger partial charge in [0.25, 0.3) is 0 Å². The molecule has 2 heteroatoms. The SMILES string of the molecule is CCCN(CCC(C)C1CCCNC1)C(C)C. The molecule has 2 nitrogen and oxygen atoms in total. The van der Waals surface area contributed by atoms with E-state index in [4.69, 9.17) is 0 Å². The van der Waals surface area contributed by atoms with Crippen LogP contribution < -0.4 is 5.32 Å². The average molecular weight is 240 g/mol. The van der Waals surface area contributed by atoms with E-state index in [9.17, 15) is 0 Å². The molecule has 0 aromatic heterocycles. The molecule has 102 valence electrons. The highest BCUT2D eigenvalue weighted by atomic mass is 15.1. The van der Waals surface area contributed by atoms with Crippen molar-refractivity contribution < 1.29 is 0 Å². The maximum absolute atomic E-state index is 3.54. The standard InChI is InChI=1S/C15H32N2/c1-5-10-17(13(2)3)11-8-14(4)15-7-6-9-16-12-15/h13-16H,5-12H2,1-4H3. The molecule has 0 bridgehead atoms. The smallest absolute Gasteiger partial charge is 0.00385 e. The molecule has 1 rings (SSSR count). The molecular weight excluding hydrogens is 208 g/mol. The van der Waals surface area contributed by atoms with Crippen LogP contribution in [-0.2, 0) is 0 Å². The van der Waals surface area contributed by atoms with Crippen molar-refractivity contribution in [3.63, 3.8) is 0 Å². The van der Waals surface area contributed by atoms with Crippen molar-refractivity contribution in [3.05, 3.63) is 0 Å². The molecule has 0 spiro atoms. The van der Waals surface area contributed by atoms with Crippen molar-refractivity contribution in [2.24, 2.45) is 11.8 Å². The first-order chi connectivity index (χ1) is 8.15. The van der Waals surface area contributed by atoms with Gasteiger partial charge in [-0.1, -0.05) is 13.8 Å². The predicted octanol–water partition coefficient (Wildman–Crippen LogP) is 3.13. The minimum atomic E-state index is 0.701. The molecule has 0 amide bonds. The molecular formula is C15H32N2. The molecule has 0 saturated carbocycles. The summed E-state index contributed by atoms with van der Waals surface area (Å²) in [7, 11) is 0. The molecule has 1 N–H and O–H groups in total. The van der Waals surface area contributed by atoms with Crippen LogP contribution in [0.3, 0.4) is 0 Å². The Bertz CT molecular complexity index is 185. The zero-order valence-corrected chi connectivity index (χ0v) is 12.3. The van der Waals surface area contributed by atoms with Gasteiger partial charge in [0.05, 0.1) is 0 Å². The van der Waals surface area contributed by atoms with E-state index in [1.165, 1.54) is 51.9 Å². The van der Waals surface area contributed by atoms with Gasteiger partial charge in [0.15, 0.2) is 0 Å². The first-order valence-corrected chi connectivity index (χ1v) is 7.59. The van der Waals surface area contributed by atoms with E-state index >= 15 is 0 Å². The zero-order valence-electron chi connectivity index (χ0n) is 12.3. The summed E-state index contributed by atoms with van der Waals surface area (Å²) >= 11 is 0. The topological polar surface area (TPSA) is 15.3 Å². The van der Waals surface area contributed by atoms with E-state index < -0.39 is 0 Å². The van der Waals surface area contributed by atoms with E-state index in [0.29, 0.717) is 6.04 Å². The maximum Gasteiger partial charge on any atom is 0.00385 e. The third-order valence-electron chi connectivity index (χ3n) is 4.25. The summed E-state index contributed by atoms with van der Waals surface area (Å²) in [5.41, 5.74) is 0. The van der Waals surface area contributed by atoms with Crippen LogP contribution in [0.25, 0.3) is 0 Å². The zero-order chi connectivity index (χ0) is 12.7. The van der Waals surface area contributed by atoms with Gasteiger partial charge in [-0.3, -0.25) is 0 Å². The van der Waals surface area contributed by atoms with Crippen LogP contribution in [0, 0.1) is 11.8 Å². The molecule has 0 radical (unpaired) electrons.